The van der Waals surface area contributed by atoms with E-state index in [2.05, 4.69) is 10.1 Å². The van der Waals surface area contributed by atoms with Gasteiger partial charge in [-0.3, -0.25) is 4.74 Å². The Balaban J connectivity index is 2.09. The van der Waals surface area contributed by atoms with Gasteiger partial charge in [-0.25, -0.2) is 0 Å². The van der Waals surface area contributed by atoms with Gasteiger partial charge >= 0.3 is 6.36 Å². The second kappa shape index (κ2) is 4.46. The van der Waals surface area contributed by atoms with Gasteiger partial charge in [0, 0.05) is 12.1 Å². The van der Waals surface area contributed by atoms with Gasteiger partial charge in [0.1, 0.15) is 0 Å². The zero-order valence-corrected chi connectivity index (χ0v) is 7.73. The van der Waals surface area contributed by atoms with Crippen molar-refractivity contribution in [2.45, 2.75) is 31.2 Å². The van der Waals surface area contributed by atoms with E-state index < -0.39 is 13.0 Å². The molecular formula is C8H14F3NO2. The lowest BCUT2D eigenvalue weighted by atomic mass is 9.77. The molecule has 1 fully saturated rings. The molecular weight excluding hydrogens is 199 g/mol. The lowest BCUT2D eigenvalue weighted by Gasteiger charge is -2.41. The van der Waals surface area contributed by atoms with Crippen molar-refractivity contribution in [2.24, 2.45) is 0 Å². The van der Waals surface area contributed by atoms with E-state index in [0.717, 1.165) is 19.3 Å². The smallest absolute Gasteiger partial charge is 0.394 e. The Bertz CT molecular complexity index is 174. The number of ether oxygens (including phenoxy) is 1. The van der Waals surface area contributed by atoms with E-state index in [0.29, 0.717) is 0 Å². The van der Waals surface area contributed by atoms with Gasteiger partial charge < -0.3 is 10.4 Å². The molecule has 14 heavy (non-hydrogen) atoms. The molecule has 1 aliphatic rings. The van der Waals surface area contributed by atoms with Crippen molar-refractivity contribution in [3.63, 3.8) is 0 Å². The van der Waals surface area contributed by atoms with Crippen LogP contribution in [0.1, 0.15) is 19.3 Å². The highest BCUT2D eigenvalue weighted by Crippen LogP contribution is 2.30. The molecule has 1 rings (SSSR count). The van der Waals surface area contributed by atoms with Crippen molar-refractivity contribution in [1.29, 1.82) is 0 Å². The average Bonchev–Trinajstić information content (AvgIpc) is 2.00. The number of hydrogen-bond donors (Lipinski definition) is 2. The summed E-state index contributed by atoms with van der Waals surface area (Å²) in [4.78, 5) is 0. The van der Waals surface area contributed by atoms with Crippen molar-refractivity contribution in [2.75, 3.05) is 19.8 Å². The minimum atomic E-state index is -4.56. The first kappa shape index (κ1) is 11.7. The molecule has 0 aliphatic heterocycles. The predicted molar refractivity (Wildman–Crippen MR) is 43.7 cm³/mol. The van der Waals surface area contributed by atoms with E-state index in [1.807, 2.05) is 0 Å². The van der Waals surface area contributed by atoms with Crippen molar-refractivity contribution < 1.29 is 23.0 Å². The summed E-state index contributed by atoms with van der Waals surface area (Å²) < 4.78 is 38.3. The largest absolute Gasteiger partial charge is 0.522 e. The molecule has 84 valence electrons. The Hall–Kier alpha value is -0.330. The highest BCUT2D eigenvalue weighted by molar-refractivity contribution is 4.95. The predicted octanol–water partition coefficient (Wildman–Crippen LogP) is 1.03. The van der Waals surface area contributed by atoms with Crippen LogP contribution in [0.4, 0.5) is 13.2 Å². The first-order chi connectivity index (χ1) is 6.47. The number of halogens is 3. The molecule has 0 heterocycles. The van der Waals surface area contributed by atoms with E-state index in [1.54, 1.807) is 0 Å². The molecule has 0 aromatic carbocycles. The van der Waals surface area contributed by atoms with E-state index in [1.165, 1.54) is 0 Å². The SMILES string of the molecule is OCC1(NCCOC(F)(F)F)CCC1. The summed E-state index contributed by atoms with van der Waals surface area (Å²) in [6, 6.07) is 0. The molecule has 0 spiro atoms. The van der Waals surface area contributed by atoms with E-state index in [-0.39, 0.29) is 18.7 Å². The minimum absolute atomic E-state index is 0.0288. The molecule has 0 aromatic rings. The van der Waals surface area contributed by atoms with Crippen molar-refractivity contribution >= 4 is 0 Å². The third-order valence-corrected chi connectivity index (χ3v) is 2.48. The molecule has 0 aromatic heterocycles. The van der Waals surface area contributed by atoms with Crippen molar-refractivity contribution in [1.82, 2.24) is 5.32 Å². The third kappa shape index (κ3) is 3.43. The summed E-state index contributed by atoms with van der Waals surface area (Å²) >= 11 is 0. The summed E-state index contributed by atoms with van der Waals surface area (Å²) in [6.45, 7) is -0.329. The zero-order valence-electron chi connectivity index (χ0n) is 7.73. The number of nitrogens with one attached hydrogen (secondary N) is 1. The lowest BCUT2D eigenvalue weighted by Crippen LogP contribution is -2.54. The molecule has 1 aliphatic carbocycles. The van der Waals surface area contributed by atoms with Gasteiger partial charge in [-0.05, 0) is 19.3 Å². The Morgan fingerprint density at radius 3 is 2.36 bits per heavy atom. The molecule has 0 unspecified atom stereocenters. The summed E-state index contributed by atoms with van der Waals surface area (Å²) in [5.41, 5.74) is -0.352. The van der Waals surface area contributed by atoms with Gasteiger partial charge in [-0.1, -0.05) is 0 Å². The number of hydrogen-bond acceptors (Lipinski definition) is 3. The zero-order chi connectivity index (χ0) is 10.7. The van der Waals surface area contributed by atoms with Gasteiger partial charge in [0.2, 0.25) is 0 Å². The molecule has 6 heteroatoms. The summed E-state index contributed by atoms with van der Waals surface area (Å²) in [7, 11) is 0. The van der Waals surface area contributed by atoms with Crippen LogP contribution in [-0.2, 0) is 4.74 Å². The van der Waals surface area contributed by atoms with E-state index in [9.17, 15) is 13.2 Å². The Labute approximate surface area is 80.2 Å². The van der Waals surface area contributed by atoms with Gasteiger partial charge in [-0.15, -0.1) is 13.2 Å². The number of rotatable bonds is 5. The van der Waals surface area contributed by atoms with Crippen LogP contribution >= 0.6 is 0 Å². The molecule has 3 nitrogen and oxygen atoms in total. The Morgan fingerprint density at radius 1 is 1.36 bits per heavy atom. The summed E-state index contributed by atoms with van der Waals surface area (Å²) in [6.07, 6.45) is -1.92. The third-order valence-electron chi connectivity index (χ3n) is 2.48. The molecule has 2 N–H and O–H groups in total. The van der Waals surface area contributed by atoms with Crippen LogP contribution in [0.15, 0.2) is 0 Å². The van der Waals surface area contributed by atoms with Gasteiger partial charge in [0.15, 0.2) is 0 Å². The Kier molecular flexibility index (Phi) is 3.74. The summed E-state index contributed by atoms with van der Waals surface area (Å²) in [5, 5.41) is 11.9. The maximum atomic E-state index is 11.6. The average molecular weight is 213 g/mol. The number of aliphatic hydroxyl groups is 1. The van der Waals surface area contributed by atoms with Crippen molar-refractivity contribution in [3.8, 4) is 0 Å². The Morgan fingerprint density at radius 2 is 2.00 bits per heavy atom. The summed E-state index contributed by atoms with van der Waals surface area (Å²) in [5.74, 6) is 0. The fraction of sp³-hybridized carbons (Fsp3) is 1.00. The van der Waals surface area contributed by atoms with Crippen LogP contribution in [0, 0.1) is 0 Å². The van der Waals surface area contributed by atoms with Gasteiger partial charge in [0.05, 0.1) is 13.2 Å². The molecule has 0 saturated heterocycles. The highest BCUT2D eigenvalue weighted by atomic mass is 19.4. The molecule has 0 atom stereocenters. The highest BCUT2D eigenvalue weighted by Gasteiger charge is 2.36. The lowest BCUT2D eigenvalue weighted by molar-refractivity contribution is -0.323. The van der Waals surface area contributed by atoms with E-state index in [4.69, 9.17) is 5.11 Å². The fourth-order valence-corrected chi connectivity index (χ4v) is 1.48. The normalized spacial score (nSPS) is 20.6. The number of alkyl halides is 3. The fourth-order valence-electron chi connectivity index (χ4n) is 1.48. The van der Waals surface area contributed by atoms with Crippen LogP contribution in [0.5, 0.6) is 0 Å². The first-order valence-corrected chi connectivity index (χ1v) is 4.54. The first-order valence-electron chi connectivity index (χ1n) is 4.54. The van der Waals surface area contributed by atoms with Gasteiger partial charge in [0.25, 0.3) is 0 Å². The van der Waals surface area contributed by atoms with Crippen LogP contribution in [-0.4, -0.2) is 36.8 Å². The minimum Gasteiger partial charge on any atom is -0.394 e. The van der Waals surface area contributed by atoms with Gasteiger partial charge in [-0.2, -0.15) is 0 Å². The number of aliphatic hydroxyl groups excluding tert-OH is 1. The second-order valence-corrected chi connectivity index (χ2v) is 3.51. The monoisotopic (exact) mass is 213 g/mol. The van der Waals surface area contributed by atoms with Crippen LogP contribution in [0.3, 0.4) is 0 Å². The molecule has 1 saturated carbocycles. The van der Waals surface area contributed by atoms with Crippen LogP contribution in [0.25, 0.3) is 0 Å². The maximum absolute atomic E-state index is 11.6. The van der Waals surface area contributed by atoms with Crippen molar-refractivity contribution in [3.05, 3.63) is 0 Å². The molecule has 0 bridgehead atoms. The molecule has 0 amide bonds. The van der Waals surface area contributed by atoms with Crippen LogP contribution in [0.2, 0.25) is 0 Å². The van der Waals surface area contributed by atoms with Crippen LogP contribution < -0.4 is 5.32 Å². The standard InChI is InChI=1S/C8H14F3NO2/c9-8(10,11)14-5-4-12-7(6-13)2-1-3-7/h12-13H,1-6H2. The molecule has 0 radical (unpaired) electrons. The quantitative estimate of drug-likeness (QED) is 0.670. The second-order valence-electron chi connectivity index (χ2n) is 3.51. The topological polar surface area (TPSA) is 41.5 Å². The van der Waals surface area contributed by atoms with E-state index >= 15 is 0 Å². The maximum Gasteiger partial charge on any atom is 0.522 e.